The van der Waals surface area contributed by atoms with Gasteiger partial charge in [0, 0.05) is 17.2 Å². The molecule has 19 heavy (non-hydrogen) atoms. The number of nitrogens with one attached hydrogen (secondary N) is 1. The van der Waals surface area contributed by atoms with Gasteiger partial charge in [-0.2, -0.15) is 0 Å². The Morgan fingerprint density at radius 3 is 3.05 bits per heavy atom. The van der Waals surface area contributed by atoms with Crippen molar-refractivity contribution < 1.29 is 13.9 Å². The molecular weight excluding hydrogens is 249 g/mol. The number of ether oxygens (including phenoxy) is 2. The van der Waals surface area contributed by atoms with Gasteiger partial charge in [0.15, 0.2) is 12.8 Å². The van der Waals surface area contributed by atoms with Crippen molar-refractivity contribution >= 4 is 5.96 Å². The maximum atomic E-state index is 13.5. The topological polar surface area (TPSA) is 68.9 Å². The van der Waals surface area contributed by atoms with Crippen LogP contribution in [-0.4, -0.2) is 18.8 Å². The first kappa shape index (κ1) is 13.6. The monoisotopic (exact) mass is 267 g/mol. The lowest BCUT2D eigenvalue weighted by atomic mass is 10.1. The lowest BCUT2D eigenvalue weighted by molar-refractivity contribution is -0.0172. The van der Waals surface area contributed by atoms with Gasteiger partial charge >= 0.3 is 0 Å². The van der Waals surface area contributed by atoms with Crippen LogP contribution in [0.15, 0.2) is 17.1 Å². The Hall–Kier alpha value is -1.82. The molecule has 0 saturated carbocycles. The summed E-state index contributed by atoms with van der Waals surface area (Å²) < 4.78 is 24.0. The third-order valence-corrected chi connectivity index (χ3v) is 2.61. The second-order valence-corrected chi connectivity index (χ2v) is 4.66. The van der Waals surface area contributed by atoms with E-state index in [9.17, 15) is 4.39 Å². The molecule has 2 rings (SSSR count). The Morgan fingerprint density at radius 1 is 1.53 bits per heavy atom. The Morgan fingerprint density at radius 2 is 2.32 bits per heavy atom. The van der Waals surface area contributed by atoms with Crippen LogP contribution in [0.1, 0.15) is 25.0 Å². The highest BCUT2D eigenvalue weighted by atomic mass is 19.1. The Bertz CT molecular complexity index is 489. The summed E-state index contributed by atoms with van der Waals surface area (Å²) in [7, 11) is 0. The quantitative estimate of drug-likeness (QED) is 0.643. The minimum atomic E-state index is -0.326. The fourth-order valence-electron chi connectivity index (χ4n) is 1.89. The van der Waals surface area contributed by atoms with Crippen LogP contribution in [0.4, 0.5) is 4.39 Å². The van der Waals surface area contributed by atoms with Gasteiger partial charge in [0.25, 0.3) is 0 Å². The highest BCUT2D eigenvalue weighted by molar-refractivity contribution is 5.78. The predicted octanol–water partition coefficient (Wildman–Crippen LogP) is 1.50. The summed E-state index contributed by atoms with van der Waals surface area (Å²) in [6.07, 6.45) is 0. The molecule has 0 atom stereocenters. The number of hydrogen-bond donors (Lipinski definition) is 2. The predicted molar refractivity (Wildman–Crippen MR) is 70.3 cm³/mol. The van der Waals surface area contributed by atoms with Crippen molar-refractivity contribution in [2.24, 2.45) is 10.7 Å². The van der Waals surface area contributed by atoms with Crippen molar-refractivity contribution in [2.45, 2.75) is 33.0 Å². The minimum absolute atomic E-state index is 0.176. The van der Waals surface area contributed by atoms with E-state index in [4.69, 9.17) is 15.2 Å². The number of fused-ring (bicyclic) bond motifs is 1. The molecule has 1 aliphatic heterocycles. The Balaban J connectivity index is 2.18. The first-order chi connectivity index (χ1) is 9.06. The maximum Gasteiger partial charge on any atom is 0.189 e. The zero-order valence-corrected chi connectivity index (χ0v) is 11.1. The van der Waals surface area contributed by atoms with E-state index in [1.54, 1.807) is 0 Å². The normalized spacial score (nSPS) is 15.1. The van der Waals surface area contributed by atoms with Gasteiger partial charge in [-0.1, -0.05) is 0 Å². The third kappa shape index (κ3) is 3.57. The molecule has 0 amide bonds. The van der Waals surface area contributed by atoms with Crippen LogP contribution in [0, 0.1) is 5.82 Å². The molecule has 1 aliphatic rings. The van der Waals surface area contributed by atoms with Crippen LogP contribution in [0.25, 0.3) is 0 Å². The summed E-state index contributed by atoms with van der Waals surface area (Å²) in [6.45, 7) is 4.73. The average molecular weight is 267 g/mol. The zero-order valence-electron chi connectivity index (χ0n) is 11.1. The fraction of sp³-hybridized carbons (Fsp3) is 0.462. The van der Waals surface area contributed by atoms with Gasteiger partial charge in [0.1, 0.15) is 11.6 Å². The number of benzene rings is 1. The number of nitrogens with zero attached hydrogens (tertiary/aromatic N) is 1. The average Bonchev–Trinajstić information content (AvgIpc) is 2.35. The summed E-state index contributed by atoms with van der Waals surface area (Å²) in [5, 5.41) is 2.98. The van der Waals surface area contributed by atoms with Crippen molar-refractivity contribution in [3.8, 4) is 5.75 Å². The van der Waals surface area contributed by atoms with Crippen LogP contribution in [0.2, 0.25) is 0 Å². The summed E-state index contributed by atoms with van der Waals surface area (Å²) in [6, 6.07) is 3.03. The first-order valence-corrected chi connectivity index (χ1v) is 6.14. The SMILES string of the molecule is CC(C)NC(N)=NCc1cc(F)cc2c1OCOC2. The van der Waals surface area contributed by atoms with Gasteiger partial charge in [0.2, 0.25) is 0 Å². The standard InChI is InChI=1S/C13H18FN3O2/c1-8(2)17-13(15)16-5-9-3-11(14)4-10-6-18-7-19-12(9)10/h3-4,8H,5-7H2,1-2H3,(H3,15,16,17). The minimum Gasteiger partial charge on any atom is -0.467 e. The van der Waals surface area contributed by atoms with E-state index in [-0.39, 0.29) is 25.2 Å². The van der Waals surface area contributed by atoms with Crippen LogP contribution in [0.3, 0.4) is 0 Å². The molecule has 1 heterocycles. The second kappa shape index (κ2) is 5.88. The molecular formula is C13H18FN3O2. The number of nitrogens with two attached hydrogens (primary N) is 1. The molecule has 0 aliphatic carbocycles. The highest BCUT2D eigenvalue weighted by Gasteiger charge is 2.16. The van der Waals surface area contributed by atoms with Crippen LogP contribution >= 0.6 is 0 Å². The molecule has 0 fully saturated rings. The molecule has 6 heteroatoms. The molecule has 104 valence electrons. The summed E-state index contributed by atoms with van der Waals surface area (Å²) in [4.78, 5) is 4.18. The van der Waals surface area contributed by atoms with Gasteiger partial charge in [-0.25, -0.2) is 9.38 Å². The summed E-state index contributed by atoms with van der Waals surface area (Å²) in [5.41, 5.74) is 7.09. The Kier molecular flexibility index (Phi) is 4.21. The summed E-state index contributed by atoms with van der Waals surface area (Å²) in [5.74, 6) is 0.655. The van der Waals surface area contributed by atoms with E-state index in [2.05, 4.69) is 10.3 Å². The molecule has 1 aromatic carbocycles. The molecule has 0 unspecified atom stereocenters. The molecule has 3 N–H and O–H groups in total. The maximum absolute atomic E-state index is 13.5. The third-order valence-electron chi connectivity index (χ3n) is 2.61. The summed E-state index contributed by atoms with van der Waals surface area (Å²) >= 11 is 0. The molecule has 0 spiro atoms. The van der Waals surface area contributed by atoms with Gasteiger partial charge in [0.05, 0.1) is 13.2 Å². The molecule has 0 bridgehead atoms. The van der Waals surface area contributed by atoms with E-state index >= 15 is 0 Å². The van der Waals surface area contributed by atoms with Crippen molar-refractivity contribution in [3.05, 3.63) is 29.1 Å². The Labute approximate surface area is 111 Å². The van der Waals surface area contributed by atoms with Crippen LogP contribution in [0.5, 0.6) is 5.75 Å². The van der Waals surface area contributed by atoms with Gasteiger partial charge in [-0.05, 0) is 26.0 Å². The van der Waals surface area contributed by atoms with Gasteiger partial charge < -0.3 is 20.5 Å². The number of guanidine groups is 1. The number of halogens is 1. The fourth-order valence-corrected chi connectivity index (χ4v) is 1.89. The highest BCUT2D eigenvalue weighted by Crippen LogP contribution is 2.29. The van der Waals surface area contributed by atoms with Crippen LogP contribution in [-0.2, 0) is 17.9 Å². The van der Waals surface area contributed by atoms with E-state index in [0.717, 1.165) is 0 Å². The van der Waals surface area contributed by atoms with E-state index in [1.165, 1.54) is 12.1 Å². The molecule has 0 radical (unpaired) electrons. The smallest absolute Gasteiger partial charge is 0.189 e. The molecule has 1 aromatic rings. The van der Waals surface area contributed by atoms with E-state index < -0.39 is 0 Å². The number of rotatable bonds is 3. The molecule has 0 saturated heterocycles. The lowest BCUT2D eigenvalue weighted by Gasteiger charge is -2.20. The van der Waals surface area contributed by atoms with E-state index in [0.29, 0.717) is 29.4 Å². The largest absolute Gasteiger partial charge is 0.467 e. The van der Waals surface area contributed by atoms with Crippen molar-refractivity contribution in [2.75, 3.05) is 6.79 Å². The van der Waals surface area contributed by atoms with Gasteiger partial charge in [-0.15, -0.1) is 0 Å². The van der Waals surface area contributed by atoms with Gasteiger partial charge in [-0.3, -0.25) is 0 Å². The lowest BCUT2D eigenvalue weighted by Crippen LogP contribution is -2.36. The molecule has 5 nitrogen and oxygen atoms in total. The molecule has 0 aromatic heterocycles. The zero-order chi connectivity index (χ0) is 13.8. The second-order valence-electron chi connectivity index (χ2n) is 4.66. The van der Waals surface area contributed by atoms with Crippen molar-refractivity contribution in [1.82, 2.24) is 5.32 Å². The first-order valence-electron chi connectivity index (χ1n) is 6.14. The van der Waals surface area contributed by atoms with E-state index in [1.807, 2.05) is 13.8 Å². The van der Waals surface area contributed by atoms with Crippen molar-refractivity contribution in [1.29, 1.82) is 0 Å². The van der Waals surface area contributed by atoms with Crippen molar-refractivity contribution in [3.63, 3.8) is 0 Å². The number of hydrogen-bond acceptors (Lipinski definition) is 3. The number of aliphatic imine (C=N–C) groups is 1. The van der Waals surface area contributed by atoms with Crippen LogP contribution < -0.4 is 15.8 Å².